The molecule has 0 aliphatic carbocycles. The molecule has 0 aromatic carbocycles. The Morgan fingerprint density at radius 3 is 2.92 bits per heavy atom. The number of ether oxygens (including phenoxy) is 1. The molecule has 2 aliphatic heterocycles. The topological polar surface area (TPSA) is 36.9 Å². The number of nitrogens with zero attached hydrogens (tertiary/aromatic N) is 2. The molecule has 0 radical (unpaired) electrons. The van der Waals surface area contributed by atoms with Crippen molar-refractivity contribution in [2.75, 3.05) is 19.8 Å². The number of nitrogens with one attached hydrogen (secondary N) is 1. The van der Waals surface area contributed by atoms with E-state index in [-0.39, 0.29) is 17.0 Å². The molecule has 3 unspecified atom stereocenters. The van der Waals surface area contributed by atoms with Crippen LogP contribution in [-0.2, 0) is 4.74 Å². The molecule has 13 heavy (non-hydrogen) atoms. The van der Waals surface area contributed by atoms with Crippen LogP contribution < -0.4 is 5.32 Å². The second kappa shape index (κ2) is 4.00. The average Bonchev–Trinajstić information content (AvgIpc) is 2.49. The summed E-state index contributed by atoms with van der Waals surface area (Å²) in [4.78, 5) is 0. The lowest BCUT2D eigenvalue weighted by Gasteiger charge is -2.29. The lowest BCUT2D eigenvalue weighted by Crippen LogP contribution is -2.45. The summed E-state index contributed by atoms with van der Waals surface area (Å²) in [7, 11) is 0. The molecular formula is C7H11Cl2N3O. The zero-order valence-corrected chi connectivity index (χ0v) is 8.50. The molecule has 0 amide bonds. The normalized spacial score (nSPS) is 39.8. The maximum absolute atomic E-state index is 6.06. The van der Waals surface area contributed by atoms with Gasteiger partial charge in [-0.05, 0) is 0 Å². The summed E-state index contributed by atoms with van der Waals surface area (Å²) in [5, 5.41) is 8.78. The number of hydrazone groups is 1. The molecule has 0 aromatic rings. The smallest absolute Gasteiger partial charge is 0.165 e. The van der Waals surface area contributed by atoms with Gasteiger partial charge in [-0.15, -0.1) is 23.2 Å². The van der Waals surface area contributed by atoms with Crippen LogP contribution in [-0.4, -0.2) is 48.0 Å². The second-order valence-electron chi connectivity index (χ2n) is 3.03. The maximum Gasteiger partial charge on any atom is 0.165 e. The van der Waals surface area contributed by atoms with E-state index < -0.39 is 0 Å². The van der Waals surface area contributed by atoms with Crippen molar-refractivity contribution in [3.05, 3.63) is 0 Å². The molecule has 4 nitrogen and oxygen atoms in total. The molecule has 1 saturated heterocycles. The quantitative estimate of drug-likeness (QED) is 0.655. The molecular weight excluding hydrogens is 213 g/mol. The van der Waals surface area contributed by atoms with Gasteiger partial charge in [-0.1, -0.05) is 0 Å². The van der Waals surface area contributed by atoms with E-state index in [1.165, 1.54) is 0 Å². The molecule has 0 bridgehead atoms. The van der Waals surface area contributed by atoms with Crippen LogP contribution in [0.1, 0.15) is 0 Å². The fraction of sp³-hybridized carbons (Fsp3) is 0.857. The Kier molecular flexibility index (Phi) is 2.93. The molecule has 2 heterocycles. The zero-order chi connectivity index (χ0) is 9.26. The van der Waals surface area contributed by atoms with Gasteiger partial charge >= 0.3 is 0 Å². The second-order valence-corrected chi connectivity index (χ2v) is 4.10. The van der Waals surface area contributed by atoms with Crippen molar-refractivity contribution in [1.82, 2.24) is 10.3 Å². The van der Waals surface area contributed by atoms with Gasteiger partial charge in [-0.2, -0.15) is 5.10 Å². The Morgan fingerprint density at radius 1 is 1.54 bits per heavy atom. The van der Waals surface area contributed by atoms with Crippen molar-refractivity contribution in [2.45, 2.75) is 17.0 Å². The first-order valence-corrected chi connectivity index (χ1v) is 5.06. The van der Waals surface area contributed by atoms with E-state index in [4.69, 9.17) is 27.9 Å². The maximum atomic E-state index is 6.06. The summed E-state index contributed by atoms with van der Waals surface area (Å²) in [5.74, 6) is 0. The van der Waals surface area contributed by atoms with E-state index in [0.29, 0.717) is 13.3 Å². The Labute approximate surface area is 86.8 Å². The van der Waals surface area contributed by atoms with Crippen LogP contribution in [0.3, 0.4) is 0 Å². The van der Waals surface area contributed by atoms with Crippen molar-refractivity contribution >= 4 is 29.4 Å². The average molecular weight is 224 g/mol. The van der Waals surface area contributed by atoms with Crippen molar-refractivity contribution in [3.63, 3.8) is 0 Å². The van der Waals surface area contributed by atoms with Gasteiger partial charge in [0.25, 0.3) is 0 Å². The monoisotopic (exact) mass is 223 g/mol. The summed E-state index contributed by atoms with van der Waals surface area (Å²) >= 11 is 12.0. The van der Waals surface area contributed by atoms with E-state index in [1.807, 2.05) is 0 Å². The third-order valence-corrected chi connectivity index (χ3v) is 3.12. The highest BCUT2D eigenvalue weighted by molar-refractivity contribution is 6.30. The number of alkyl halides is 2. The first-order valence-electron chi connectivity index (χ1n) is 4.18. The van der Waals surface area contributed by atoms with Crippen LogP contribution in [0.15, 0.2) is 5.10 Å². The summed E-state index contributed by atoms with van der Waals surface area (Å²) < 4.78 is 5.43. The van der Waals surface area contributed by atoms with Gasteiger partial charge in [0.05, 0.1) is 24.0 Å². The molecule has 6 heteroatoms. The van der Waals surface area contributed by atoms with Gasteiger partial charge in [-0.3, -0.25) is 10.3 Å². The van der Waals surface area contributed by atoms with Gasteiger partial charge < -0.3 is 4.74 Å². The van der Waals surface area contributed by atoms with E-state index in [1.54, 1.807) is 11.2 Å². The van der Waals surface area contributed by atoms with E-state index >= 15 is 0 Å². The Hall–Kier alpha value is -0.0300. The first kappa shape index (κ1) is 9.52. The standard InChI is InChI=1S/C7H11Cl2N3O/c8-5-3-13-7(6(5)9)12-4-10-1-2-11-12/h2,5-7,10H,1,3-4H2. The van der Waals surface area contributed by atoms with Crippen LogP contribution >= 0.6 is 23.2 Å². The molecule has 0 aromatic heterocycles. The van der Waals surface area contributed by atoms with Crippen molar-refractivity contribution in [3.8, 4) is 0 Å². The van der Waals surface area contributed by atoms with E-state index in [0.717, 1.165) is 6.54 Å². The lowest BCUT2D eigenvalue weighted by molar-refractivity contribution is -0.0226. The largest absolute Gasteiger partial charge is 0.354 e. The molecule has 2 rings (SSSR count). The Morgan fingerprint density at radius 2 is 2.38 bits per heavy atom. The first-order chi connectivity index (χ1) is 6.29. The highest BCUT2D eigenvalue weighted by Gasteiger charge is 2.38. The minimum Gasteiger partial charge on any atom is -0.354 e. The Bertz CT molecular complexity index is 214. The number of hydrogen-bond donors (Lipinski definition) is 1. The number of halogens is 2. The predicted octanol–water partition coefficient (Wildman–Crippen LogP) is 0.406. The SMILES string of the molecule is ClC1COC(N2CNCC=N2)C1Cl. The summed E-state index contributed by atoms with van der Waals surface area (Å²) in [6.07, 6.45) is 1.59. The van der Waals surface area contributed by atoms with Gasteiger partial charge in [0.2, 0.25) is 0 Å². The third-order valence-electron chi connectivity index (χ3n) is 2.08. The van der Waals surface area contributed by atoms with Crippen LogP contribution in [0, 0.1) is 0 Å². The summed E-state index contributed by atoms with van der Waals surface area (Å²) in [5.41, 5.74) is 0. The van der Waals surface area contributed by atoms with E-state index in [2.05, 4.69) is 10.4 Å². The molecule has 0 spiro atoms. The minimum absolute atomic E-state index is 0.121. The van der Waals surface area contributed by atoms with Crippen molar-refractivity contribution in [2.24, 2.45) is 5.10 Å². The van der Waals surface area contributed by atoms with Gasteiger partial charge in [0, 0.05) is 12.8 Å². The molecule has 1 N–H and O–H groups in total. The minimum atomic E-state index is -0.201. The van der Waals surface area contributed by atoms with Crippen molar-refractivity contribution < 1.29 is 4.74 Å². The summed E-state index contributed by atoms with van der Waals surface area (Å²) in [6.45, 7) is 1.95. The molecule has 74 valence electrons. The van der Waals surface area contributed by atoms with Gasteiger partial charge in [0.1, 0.15) is 0 Å². The number of hydrogen-bond acceptors (Lipinski definition) is 4. The zero-order valence-electron chi connectivity index (χ0n) is 6.99. The fourth-order valence-corrected chi connectivity index (χ4v) is 1.86. The third kappa shape index (κ3) is 1.91. The van der Waals surface area contributed by atoms with E-state index in [9.17, 15) is 0 Å². The molecule has 0 saturated carbocycles. The van der Waals surface area contributed by atoms with Crippen LogP contribution in [0.25, 0.3) is 0 Å². The fourth-order valence-electron chi connectivity index (χ4n) is 1.39. The van der Waals surface area contributed by atoms with Crippen molar-refractivity contribution in [1.29, 1.82) is 0 Å². The van der Waals surface area contributed by atoms with Crippen LogP contribution in [0.4, 0.5) is 0 Å². The van der Waals surface area contributed by atoms with Gasteiger partial charge in [-0.25, -0.2) is 0 Å². The van der Waals surface area contributed by atoms with Crippen LogP contribution in [0.5, 0.6) is 0 Å². The summed E-state index contributed by atoms with van der Waals surface area (Å²) in [6, 6.07) is 0. The predicted molar refractivity (Wildman–Crippen MR) is 52.2 cm³/mol. The molecule has 3 atom stereocenters. The highest BCUT2D eigenvalue weighted by Crippen LogP contribution is 2.26. The Balaban J connectivity index is 2.00. The van der Waals surface area contributed by atoms with Crippen LogP contribution in [0.2, 0.25) is 0 Å². The lowest BCUT2D eigenvalue weighted by atomic mass is 10.3. The van der Waals surface area contributed by atoms with Gasteiger partial charge in [0.15, 0.2) is 6.23 Å². The highest BCUT2D eigenvalue weighted by atomic mass is 35.5. The molecule has 2 aliphatic rings. The number of rotatable bonds is 1. The molecule has 1 fully saturated rings.